The van der Waals surface area contributed by atoms with Crippen LogP contribution in [-0.4, -0.2) is 24.1 Å². The minimum Gasteiger partial charge on any atom is -0.465 e. The maximum Gasteiger partial charge on any atom is 0.259 e. The molecule has 0 radical (unpaired) electrons. The number of benzene rings is 2. The fourth-order valence-corrected chi connectivity index (χ4v) is 2.43. The predicted octanol–water partition coefficient (Wildman–Crippen LogP) is 3.10. The molecule has 6 heteroatoms. The van der Waals surface area contributed by atoms with E-state index >= 15 is 0 Å². The molecular weight excluding hydrogens is 342 g/mol. The first-order chi connectivity index (χ1) is 13.1. The molecule has 0 bridgehead atoms. The van der Waals surface area contributed by atoms with Crippen molar-refractivity contribution in [3.05, 3.63) is 78.3 Å². The fourth-order valence-electron chi connectivity index (χ4n) is 2.43. The first-order valence-electron chi connectivity index (χ1n) is 8.43. The molecular formula is C21H19N3O3. The van der Waals surface area contributed by atoms with E-state index in [1.807, 2.05) is 49.4 Å². The highest BCUT2D eigenvalue weighted by molar-refractivity contribution is 6.02. The summed E-state index contributed by atoms with van der Waals surface area (Å²) in [5, 5.41) is 8.83. The van der Waals surface area contributed by atoms with Crippen molar-refractivity contribution in [2.24, 2.45) is 5.10 Å². The summed E-state index contributed by atoms with van der Waals surface area (Å²) in [4.78, 5) is 23.5. The lowest BCUT2D eigenvalue weighted by Crippen LogP contribution is -2.34. The van der Waals surface area contributed by atoms with Crippen LogP contribution in [0.4, 0.5) is 0 Å². The standard InChI is InChI=1S/C21H19N3O3/c1-15(17-9-8-16-5-2-3-6-18(16)13-17)23-24-21(26)14-22-20(25)11-10-19-7-4-12-27-19/h2-13H,14H2,1H3,(H,22,25)(H,24,26)/b11-10+,23-15-. The molecule has 2 N–H and O–H groups in total. The van der Waals surface area contributed by atoms with Gasteiger partial charge in [0.15, 0.2) is 0 Å². The normalized spacial score (nSPS) is 11.7. The molecule has 136 valence electrons. The zero-order valence-corrected chi connectivity index (χ0v) is 14.8. The van der Waals surface area contributed by atoms with Crippen LogP contribution in [0.1, 0.15) is 18.2 Å². The number of carbonyl (C=O) groups excluding carboxylic acids is 2. The van der Waals surface area contributed by atoms with Crippen molar-refractivity contribution in [1.29, 1.82) is 0 Å². The second-order valence-corrected chi connectivity index (χ2v) is 5.86. The van der Waals surface area contributed by atoms with E-state index in [4.69, 9.17) is 4.42 Å². The average molecular weight is 361 g/mol. The van der Waals surface area contributed by atoms with Crippen molar-refractivity contribution in [1.82, 2.24) is 10.7 Å². The highest BCUT2D eigenvalue weighted by Gasteiger charge is 2.04. The number of nitrogens with zero attached hydrogens (tertiary/aromatic N) is 1. The Hall–Kier alpha value is -3.67. The summed E-state index contributed by atoms with van der Waals surface area (Å²) in [6.45, 7) is 1.64. The number of hydrogen-bond donors (Lipinski definition) is 2. The van der Waals surface area contributed by atoms with Gasteiger partial charge >= 0.3 is 0 Å². The largest absolute Gasteiger partial charge is 0.465 e. The van der Waals surface area contributed by atoms with E-state index in [0.29, 0.717) is 11.5 Å². The first-order valence-corrected chi connectivity index (χ1v) is 8.43. The zero-order chi connectivity index (χ0) is 19.1. The quantitative estimate of drug-likeness (QED) is 0.402. The van der Waals surface area contributed by atoms with E-state index in [0.717, 1.165) is 16.3 Å². The Kier molecular flexibility index (Phi) is 5.79. The van der Waals surface area contributed by atoms with Gasteiger partial charge in [-0.25, -0.2) is 5.43 Å². The molecule has 0 saturated carbocycles. The van der Waals surface area contributed by atoms with E-state index in [1.165, 1.54) is 18.4 Å². The number of hydrogen-bond acceptors (Lipinski definition) is 4. The summed E-state index contributed by atoms with van der Waals surface area (Å²) in [6, 6.07) is 17.5. The van der Waals surface area contributed by atoms with Gasteiger partial charge in [-0.2, -0.15) is 5.10 Å². The number of fused-ring (bicyclic) bond motifs is 1. The van der Waals surface area contributed by atoms with Crippen LogP contribution in [0.15, 0.2) is 76.5 Å². The molecule has 0 saturated heterocycles. The van der Waals surface area contributed by atoms with E-state index in [-0.39, 0.29) is 6.54 Å². The van der Waals surface area contributed by atoms with Crippen LogP contribution in [0, 0.1) is 0 Å². The molecule has 0 aliphatic rings. The van der Waals surface area contributed by atoms with Crippen molar-refractivity contribution in [3.63, 3.8) is 0 Å². The van der Waals surface area contributed by atoms with Gasteiger partial charge in [0.25, 0.3) is 5.91 Å². The number of amides is 2. The Morgan fingerprint density at radius 2 is 1.89 bits per heavy atom. The summed E-state index contributed by atoms with van der Waals surface area (Å²) in [5.74, 6) is -0.239. The average Bonchev–Trinajstić information content (AvgIpc) is 3.22. The molecule has 1 aromatic heterocycles. The van der Waals surface area contributed by atoms with Crippen LogP contribution in [-0.2, 0) is 9.59 Å². The molecule has 0 aliphatic heterocycles. The van der Waals surface area contributed by atoms with Crippen LogP contribution in [0.5, 0.6) is 0 Å². The lowest BCUT2D eigenvalue weighted by molar-refractivity contribution is -0.123. The Morgan fingerprint density at radius 3 is 2.67 bits per heavy atom. The third-order valence-electron chi connectivity index (χ3n) is 3.88. The number of rotatable bonds is 6. The predicted molar refractivity (Wildman–Crippen MR) is 105 cm³/mol. The Morgan fingerprint density at radius 1 is 1.07 bits per heavy atom. The topological polar surface area (TPSA) is 83.7 Å². The second kappa shape index (κ2) is 8.62. The summed E-state index contributed by atoms with van der Waals surface area (Å²) in [5.41, 5.74) is 4.04. The molecule has 1 heterocycles. The highest BCUT2D eigenvalue weighted by Crippen LogP contribution is 2.16. The van der Waals surface area contributed by atoms with Crippen LogP contribution in [0.2, 0.25) is 0 Å². The Labute approximate surface area is 156 Å². The Bertz CT molecular complexity index is 1000. The van der Waals surface area contributed by atoms with Gasteiger partial charge in [0.05, 0.1) is 18.5 Å². The van der Waals surface area contributed by atoms with E-state index in [1.54, 1.807) is 12.1 Å². The second-order valence-electron chi connectivity index (χ2n) is 5.86. The van der Waals surface area contributed by atoms with Crippen molar-refractivity contribution < 1.29 is 14.0 Å². The van der Waals surface area contributed by atoms with Crippen LogP contribution < -0.4 is 10.7 Å². The molecule has 2 amide bonds. The molecule has 0 unspecified atom stereocenters. The van der Waals surface area contributed by atoms with Gasteiger partial charge in [0.1, 0.15) is 5.76 Å². The fraction of sp³-hybridized carbons (Fsp3) is 0.0952. The molecule has 3 aromatic rings. The number of furan rings is 1. The number of hydrazone groups is 1. The van der Waals surface area contributed by atoms with Gasteiger partial charge in [-0.05, 0) is 47.5 Å². The minimum absolute atomic E-state index is 0.171. The van der Waals surface area contributed by atoms with Gasteiger partial charge < -0.3 is 9.73 Å². The van der Waals surface area contributed by atoms with Crippen LogP contribution in [0.25, 0.3) is 16.8 Å². The van der Waals surface area contributed by atoms with Crippen molar-refractivity contribution in [2.75, 3.05) is 6.54 Å². The van der Waals surface area contributed by atoms with Gasteiger partial charge in [-0.1, -0.05) is 36.4 Å². The van der Waals surface area contributed by atoms with Crippen LogP contribution in [0.3, 0.4) is 0 Å². The van der Waals surface area contributed by atoms with Crippen molar-refractivity contribution >= 4 is 34.4 Å². The minimum atomic E-state index is -0.408. The zero-order valence-electron chi connectivity index (χ0n) is 14.8. The Balaban J connectivity index is 1.51. The van der Waals surface area contributed by atoms with Crippen molar-refractivity contribution in [3.8, 4) is 0 Å². The van der Waals surface area contributed by atoms with Gasteiger partial charge in [0.2, 0.25) is 5.91 Å². The summed E-state index contributed by atoms with van der Waals surface area (Å²) >= 11 is 0. The molecule has 27 heavy (non-hydrogen) atoms. The summed E-state index contributed by atoms with van der Waals surface area (Å²) in [6.07, 6.45) is 4.34. The molecule has 0 fully saturated rings. The maximum atomic E-state index is 11.9. The highest BCUT2D eigenvalue weighted by atomic mass is 16.3. The van der Waals surface area contributed by atoms with E-state index in [2.05, 4.69) is 15.8 Å². The first kappa shape index (κ1) is 18.1. The SMILES string of the molecule is C/C(=N/NC(=O)CNC(=O)/C=C/c1ccco1)c1ccc2ccccc2c1. The maximum absolute atomic E-state index is 11.9. The van der Waals surface area contributed by atoms with Crippen LogP contribution >= 0.6 is 0 Å². The van der Waals surface area contributed by atoms with E-state index in [9.17, 15) is 9.59 Å². The summed E-state index contributed by atoms with van der Waals surface area (Å²) < 4.78 is 5.08. The molecule has 0 spiro atoms. The van der Waals surface area contributed by atoms with Gasteiger partial charge in [-0.3, -0.25) is 9.59 Å². The number of nitrogens with one attached hydrogen (secondary N) is 2. The smallest absolute Gasteiger partial charge is 0.259 e. The third-order valence-corrected chi connectivity index (χ3v) is 3.88. The molecule has 2 aromatic carbocycles. The molecule has 0 atom stereocenters. The summed E-state index contributed by atoms with van der Waals surface area (Å²) in [7, 11) is 0. The lowest BCUT2D eigenvalue weighted by atomic mass is 10.0. The van der Waals surface area contributed by atoms with Gasteiger partial charge in [-0.15, -0.1) is 0 Å². The molecule has 3 rings (SSSR count). The third kappa shape index (κ3) is 5.15. The van der Waals surface area contributed by atoms with Gasteiger partial charge in [0, 0.05) is 6.08 Å². The lowest BCUT2D eigenvalue weighted by Gasteiger charge is -2.05. The molecule has 6 nitrogen and oxygen atoms in total. The monoisotopic (exact) mass is 361 g/mol. The number of carbonyl (C=O) groups is 2. The molecule has 0 aliphatic carbocycles. The van der Waals surface area contributed by atoms with Crippen molar-refractivity contribution in [2.45, 2.75) is 6.92 Å². The van der Waals surface area contributed by atoms with E-state index < -0.39 is 11.8 Å².